The van der Waals surface area contributed by atoms with Crippen molar-refractivity contribution >= 4 is 11.3 Å². The first-order chi connectivity index (χ1) is 9.91. The summed E-state index contributed by atoms with van der Waals surface area (Å²) in [5.74, 6) is -0.0567. The first-order valence-corrected chi connectivity index (χ1v) is 7.88. The number of hydrogen-bond donors (Lipinski definition) is 1. The van der Waals surface area contributed by atoms with Crippen LogP contribution in [-0.2, 0) is 18.4 Å². The van der Waals surface area contributed by atoms with E-state index in [4.69, 9.17) is 10.5 Å². The van der Waals surface area contributed by atoms with E-state index in [1.807, 2.05) is 13.8 Å². The van der Waals surface area contributed by atoms with Crippen LogP contribution in [0.2, 0.25) is 0 Å². The summed E-state index contributed by atoms with van der Waals surface area (Å²) in [6, 6.07) is 6.42. The molecule has 0 aliphatic rings. The quantitative estimate of drug-likeness (QED) is 0.886. The summed E-state index contributed by atoms with van der Waals surface area (Å²) < 4.78 is 18.9. The molecule has 0 unspecified atom stereocenters. The molecule has 5 heteroatoms. The van der Waals surface area contributed by atoms with E-state index in [1.165, 1.54) is 6.07 Å². The number of rotatable bonds is 6. The molecule has 0 aliphatic heterocycles. The Bertz CT molecular complexity index is 605. The van der Waals surface area contributed by atoms with Crippen molar-refractivity contribution in [2.75, 3.05) is 6.61 Å². The highest BCUT2D eigenvalue weighted by atomic mass is 32.1. The molecule has 114 valence electrons. The highest BCUT2D eigenvalue weighted by molar-refractivity contribution is 7.11. The number of halogens is 1. The highest BCUT2D eigenvalue weighted by Gasteiger charge is 2.22. The molecule has 2 aromatic rings. The van der Waals surface area contributed by atoms with Gasteiger partial charge in [-0.3, -0.25) is 0 Å². The van der Waals surface area contributed by atoms with Gasteiger partial charge in [-0.05, 0) is 32.4 Å². The number of aromatic nitrogens is 1. The van der Waals surface area contributed by atoms with Crippen molar-refractivity contribution in [3.8, 4) is 5.75 Å². The van der Waals surface area contributed by atoms with E-state index in [-0.39, 0.29) is 17.1 Å². The topological polar surface area (TPSA) is 48.1 Å². The zero-order valence-corrected chi connectivity index (χ0v) is 13.5. The molecule has 21 heavy (non-hydrogen) atoms. The molecule has 1 aromatic carbocycles. The van der Waals surface area contributed by atoms with Gasteiger partial charge in [0.15, 0.2) is 11.6 Å². The van der Waals surface area contributed by atoms with Crippen molar-refractivity contribution in [3.63, 3.8) is 0 Å². The van der Waals surface area contributed by atoms with Gasteiger partial charge in [0.2, 0.25) is 0 Å². The fraction of sp³-hybridized carbons (Fsp3) is 0.438. The summed E-state index contributed by atoms with van der Waals surface area (Å²) in [5, 5.41) is 0.983. The Balaban J connectivity index is 2.01. The number of aryl methyl sites for hydroxylation is 1. The average molecular weight is 308 g/mol. The third-order valence-electron chi connectivity index (χ3n) is 3.07. The van der Waals surface area contributed by atoms with Gasteiger partial charge in [0.25, 0.3) is 0 Å². The van der Waals surface area contributed by atoms with Gasteiger partial charge in [0, 0.05) is 16.8 Å². The maximum Gasteiger partial charge on any atom is 0.165 e. The molecule has 0 spiro atoms. The van der Waals surface area contributed by atoms with E-state index in [2.05, 4.69) is 11.9 Å². The molecule has 2 rings (SSSR count). The molecule has 0 atom stereocenters. The average Bonchev–Trinajstić information content (AvgIpc) is 2.84. The number of hydrogen-bond acceptors (Lipinski definition) is 4. The Morgan fingerprint density at radius 2 is 2.05 bits per heavy atom. The van der Waals surface area contributed by atoms with Crippen LogP contribution in [0.4, 0.5) is 4.39 Å². The molecule has 1 heterocycles. The van der Waals surface area contributed by atoms with Gasteiger partial charge in [-0.25, -0.2) is 9.37 Å². The molecule has 0 saturated heterocycles. The monoisotopic (exact) mass is 308 g/mol. The molecule has 2 N–H and O–H groups in total. The molecule has 1 aromatic heterocycles. The Kier molecular flexibility index (Phi) is 4.96. The van der Waals surface area contributed by atoms with Crippen molar-refractivity contribution in [1.29, 1.82) is 0 Å². The van der Waals surface area contributed by atoms with Crippen LogP contribution in [0.3, 0.4) is 0 Å². The standard InChI is InChI=1S/C16H21FN2OS/c1-4-12-15(16(2,3)18)21-14(19-12)9-10-20-13-8-6-5-7-11(13)17/h5-8H,4,9-10,18H2,1-3H3. The highest BCUT2D eigenvalue weighted by Crippen LogP contribution is 2.29. The third kappa shape index (κ3) is 4.02. The lowest BCUT2D eigenvalue weighted by Gasteiger charge is -2.17. The Morgan fingerprint density at radius 3 is 2.62 bits per heavy atom. The summed E-state index contributed by atoms with van der Waals surface area (Å²) in [7, 11) is 0. The summed E-state index contributed by atoms with van der Waals surface area (Å²) in [4.78, 5) is 5.73. The SMILES string of the molecule is CCc1nc(CCOc2ccccc2F)sc1C(C)(C)N. The van der Waals surface area contributed by atoms with Crippen LogP contribution < -0.4 is 10.5 Å². The number of para-hydroxylation sites is 1. The smallest absolute Gasteiger partial charge is 0.165 e. The number of thiazole rings is 1. The van der Waals surface area contributed by atoms with Crippen molar-refractivity contribution in [3.05, 3.63) is 45.7 Å². The van der Waals surface area contributed by atoms with Gasteiger partial charge in [-0.2, -0.15) is 0 Å². The van der Waals surface area contributed by atoms with Crippen LogP contribution in [0, 0.1) is 5.82 Å². The zero-order chi connectivity index (χ0) is 15.5. The summed E-state index contributed by atoms with van der Waals surface area (Å²) >= 11 is 1.62. The summed E-state index contributed by atoms with van der Waals surface area (Å²) in [6.45, 7) is 6.45. The zero-order valence-electron chi connectivity index (χ0n) is 12.6. The van der Waals surface area contributed by atoms with Gasteiger partial charge >= 0.3 is 0 Å². The van der Waals surface area contributed by atoms with E-state index < -0.39 is 0 Å². The molecule has 0 radical (unpaired) electrons. The van der Waals surface area contributed by atoms with Crippen LogP contribution in [0.1, 0.15) is 36.3 Å². The first kappa shape index (κ1) is 15.9. The van der Waals surface area contributed by atoms with Gasteiger partial charge < -0.3 is 10.5 Å². The normalized spacial score (nSPS) is 11.7. The Hall–Kier alpha value is -1.46. The van der Waals surface area contributed by atoms with Gasteiger partial charge in [-0.15, -0.1) is 11.3 Å². The molecule has 0 aliphatic carbocycles. The molecular formula is C16H21FN2OS. The number of ether oxygens (including phenoxy) is 1. The molecule has 0 saturated carbocycles. The maximum absolute atomic E-state index is 13.4. The van der Waals surface area contributed by atoms with Crippen LogP contribution in [0.25, 0.3) is 0 Å². The van der Waals surface area contributed by atoms with E-state index in [0.717, 1.165) is 22.0 Å². The van der Waals surface area contributed by atoms with Crippen LogP contribution >= 0.6 is 11.3 Å². The molecule has 0 bridgehead atoms. The number of benzene rings is 1. The maximum atomic E-state index is 13.4. The second-order valence-electron chi connectivity index (χ2n) is 5.49. The van der Waals surface area contributed by atoms with Gasteiger partial charge in [0.05, 0.1) is 17.3 Å². The first-order valence-electron chi connectivity index (χ1n) is 7.07. The summed E-state index contributed by atoms with van der Waals surface area (Å²) in [5.41, 5.74) is 6.84. The fourth-order valence-electron chi connectivity index (χ4n) is 2.06. The lowest BCUT2D eigenvalue weighted by Crippen LogP contribution is -2.28. The van der Waals surface area contributed by atoms with Gasteiger partial charge in [-0.1, -0.05) is 19.1 Å². The van der Waals surface area contributed by atoms with E-state index in [1.54, 1.807) is 29.5 Å². The van der Waals surface area contributed by atoms with Crippen LogP contribution in [0.5, 0.6) is 5.75 Å². The van der Waals surface area contributed by atoms with E-state index in [0.29, 0.717) is 13.0 Å². The minimum atomic E-state index is -0.381. The lowest BCUT2D eigenvalue weighted by molar-refractivity contribution is 0.305. The number of nitrogens with two attached hydrogens (primary N) is 1. The Morgan fingerprint density at radius 1 is 1.33 bits per heavy atom. The van der Waals surface area contributed by atoms with Crippen molar-refractivity contribution in [1.82, 2.24) is 4.98 Å². The van der Waals surface area contributed by atoms with Crippen molar-refractivity contribution < 1.29 is 9.13 Å². The van der Waals surface area contributed by atoms with Crippen LogP contribution in [0.15, 0.2) is 24.3 Å². The van der Waals surface area contributed by atoms with Crippen molar-refractivity contribution in [2.45, 2.75) is 39.2 Å². The van der Waals surface area contributed by atoms with E-state index >= 15 is 0 Å². The Labute approximate surface area is 129 Å². The predicted octanol–water partition coefficient (Wildman–Crippen LogP) is 3.66. The van der Waals surface area contributed by atoms with Crippen molar-refractivity contribution in [2.24, 2.45) is 5.73 Å². The summed E-state index contributed by atoms with van der Waals surface area (Å²) in [6.07, 6.45) is 1.52. The van der Waals surface area contributed by atoms with Gasteiger partial charge in [0.1, 0.15) is 0 Å². The third-order valence-corrected chi connectivity index (χ3v) is 4.57. The minimum Gasteiger partial charge on any atom is -0.490 e. The largest absolute Gasteiger partial charge is 0.490 e. The molecule has 3 nitrogen and oxygen atoms in total. The molecular weight excluding hydrogens is 287 g/mol. The predicted molar refractivity (Wildman–Crippen MR) is 84.3 cm³/mol. The number of nitrogens with zero attached hydrogens (tertiary/aromatic N) is 1. The molecule has 0 amide bonds. The minimum absolute atomic E-state index is 0.282. The lowest BCUT2D eigenvalue weighted by atomic mass is 10.0. The fourth-order valence-corrected chi connectivity index (χ4v) is 3.21. The van der Waals surface area contributed by atoms with Crippen LogP contribution in [-0.4, -0.2) is 11.6 Å². The molecule has 0 fully saturated rings. The second-order valence-corrected chi connectivity index (χ2v) is 6.57. The van der Waals surface area contributed by atoms with E-state index in [9.17, 15) is 4.39 Å². The second kappa shape index (κ2) is 6.54.